The molecule has 0 N–H and O–H groups in total. The van der Waals surface area contributed by atoms with E-state index in [9.17, 15) is 0 Å². The van der Waals surface area contributed by atoms with E-state index in [4.69, 9.17) is 0 Å². The minimum Gasteiger partial charge on any atom is -0.322 e. The van der Waals surface area contributed by atoms with E-state index in [1.54, 1.807) is 5.56 Å². The number of benzene rings is 1. The molecule has 0 aromatic heterocycles. The van der Waals surface area contributed by atoms with Crippen LogP contribution in [-0.4, -0.2) is 25.6 Å². The second kappa shape index (κ2) is 27.5. The van der Waals surface area contributed by atoms with Crippen LogP contribution >= 0.6 is 0 Å². The normalized spacial score (nSPS) is 12.3. The third-order valence-electron chi connectivity index (χ3n) is 10.5. The lowest BCUT2D eigenvalue weighted by Gasteiger charge is -2.47. The topological polar surface area (TPSA) is 0 Å². The predicted molar refractivity (Wildman–Crippen MR) is 196 cm³/mol. The summed E-state index contributed by atoms with van der Waals surface area (Å²) in [7, 11) is 7.38. The Balaban J connectivity index is 2.30. The summed E-state index contributed by atoms with van der Waals surface area (Å²) in [4.78, 5) is 0. The molecule has 1 aromatic carbocycles. The van der Waals surface area contributed by atoms with Crippen molar-refractivity contribution < 1.29 is 4.48 Å². The first-order valence-corrected chi connectivity index (χ1v) is 19.8. The lowest BCUT2D eigenvalue weighted by Crippen LogP contribution is -2.54. The van der Waals surface area contributed by atoms with Crippen molar-refractivity contribution in [1.29, 1.82) is 0 Å². The maximum absolute atomic E-state index is 2.46. The van der Waals surface area contributed by atoms with Crippen molar-refractivity contribution in [3.63, 3.8) is 0 Å². The standard InChI is InChI=1S/C42H80N/c1-6-8-10-12-14-16-18-20-22-24-26-28-30-35-39-42(43(3,4)5,41-37-33-32-34-38-41)40-36-31-29-27-25-23-21-19-17-15-13-11-9-7-2/h32-34,37-38H,6-31,35-36,39-40H2,1-5H3/q+1. The SMILES string of the molecule is CCCCCCCCCCCCCCCCC(CCCCCCCCCCCCCCCC)(c1ccccc1)[N+](C)(C)C. The van der Waals surface area contributed by atoms with Gasteiger partial charge in [-0.1, -0.05) is 211 Å². The summed E-state index contributed by atoms with van der Waals surface area (Å²) in [6.07, 6.45) is 42.9. The van der Waals surface area contributed by atoms with Gasteiger partial charge in [0.05, 0.1) is 21.1 Å². The second-order valence-corrected chi connectivity index (χ2v) is 15.1. The van der Waals surface area contributed by atoms with Crippen LogP contribution in [0.3, 0.4) is 0 Å². The van der Waals surface area contributed by atoms with Crippen molar-refractivity contribution in [3.05, 3.63) is 35.9 Å². The van der Waals surface area contributed by atoms with Crippen molar-refractivity contribution in [2.24, 2.45) is 0 Å². The molecule has 0 radical (unpaired) electrons. The van der Waals surface area contributed by atoms with Crippen LogP contribution in [-0.2, 0) is 5.54 Å². The Kier molecular flexibility index (Phi) is 25.7. The zero-order chi connectivity index (χ0) is 31.3. The summed E-state index contributed by atoms with van der Waals surface area (Å²) in [5, 5.41) is 0. The average molecular weight is 599 g/mol. The molecular formula is C42H80N+. The molecule has 1 aromatic rings. The van der Waals surface area contributed by atoms with Crippen molar-refractivity contribution in [1.82, 2.24) is 0 Å². The molecule has 252 valence electrons. The summed E-state index contributed by atoms with van der Waals surface area (Å²) < 4.78 is 1.05. The number of hydrogen-bond acceptors (Lipinski definition) is 0. The average Bonchev–Trinajstić information content (AvgIpc) is 3.00. The Morgan fingerprint density at radius 2 is 0.628 bits per heavy atom. The molecule has 1 rings (SSSR count). The van der Waals surface area contributed by atoms with Crippen LogP contribution in [0.15, 0.2) is 30.3 Å². The molecule has 0 saturated carbocycles. The number of quaternary nitrogens is 1. The Labute approximate surface area is 273 Å². The fraction of sp³-hybridized carbons (Fsp3) is 0.857. The highest BCUT2D eigenvalue weighted by atomic mass is 15.3. The highest BCUT2D eigenvalue weighted by molar-refractivity contribution is 5.22. The minimum absolute atomic E-state index is 0.246. The number of rotatable bonds is 32. The molecule has 0 aliphatic heterocycles. The van der Waals surface area contributed by atoms with Gasteiger partial charge in [-0.05, 0) is 12.8 Å². The molecular weight excluding hydrogens is 518 g/mol. The van der Waals surface area contributed by atoms with Gasteiger partial charge in [-0.15, -0.1) is 0 Å². The van der Waals surface area contributed by atoms with E-state index < -0.39 is 0 Å². The second-order valence-electron chi connectivity index (χ2n) is 15.1. The molecule has 0 spiro atoms. The van der Waals surface area contributed by atoms with E-state index in [2.05, 4.69) is 65.3 Å². The lowest BCUT2D eigenvalue weighted by atomic mass is 9.77. The molecule has 0 amide bonds. The van der Waals surface area contributed by atoms with Crippen LogP contribution in [0.1, 0.15) is 212 Å². The molecule has 0 atom stereocenters. The van der Waals surface area contributed by atoms with Gasteiger partial charge in [0, 0.05) is 18.4 Å². The fourth-order valence-corrected chi connectivity index (χ4v) is 7.44. The van der Waals surface area contributed by atoms with Crippen molar-refractivity contribution in [3.8, 4) is 0 Å². The smallest absolute Gasteiger partial charge is 0.124 e. The van der Waals surface area contributed by atoms with Gasteiger partial charge < -0.3 is 4.48 Å². The van der Waals surface area contributed by atoms with E-state index in [-0.39, 0.29) is 5.54 Å². The largest absolute Gasteiger partial charge is 0.322 e. The predicted octanol–water partition coefficient (Wildman–Crippen LogP) is 14.3. The van der Waals surface area contributed by atoms with Gasteiger partial charge in [0.15, 0.2) is 0 Å². The van der Waals surface area contributed by atoms with Crippen LogP contribution in [0.4, 0.5) is 0 Å². The van der Waals surface area contributed by atoms with E-state index in [1.807, 2.05) is 0 Å². The van der Waals surface area contributed by atoms with Crippen molar-refractivity contribution >= 4 is 0 Å². The van der Waals surface area contributed by atoms with Crippen LogP contribution < -0.4 is 0 Å². The molecule has 1 nitrogen and oxygen atoms in total. The van der Waals surface area contributed by atoms with Crippen LogP contribution in [0.5, 0.6) is 0 Å². The van der Waals surface area contributed by atoms with Gasteiger partial charge in [0.2, 0.25) is 0 Å². The molecule has 0 aliphatic rings. The number of hydrogen-bond donors (Lipinski definition) is 0. The first-order chi connectivity index (χ1) is 21.0. The third kappa shape index (κ3) is 20.0. The Morgan fingerprint density at radius 1 is 0.372 bits per heavy atom. The highest BCUT2D eigenvalue weighted by Crippen LogP contribution is 2.41. The molecule has 43 heavy (non-hydrogen) atoms. The van der Waals surface area contributed by atoms with E-state index in [1.165, 1.54) is 193 Å². The zero-order valence-electron chi connectivity index (χ0n) is 30.5. The summed E-state index contributed by atoms with van der Waals surface area (Å²) in [6.45, 7) is 4.62. The molecule has 0 saturated heterocycles. The molecule has 0 unspecified atom stereocenters. The van der Waals surface area contributed by atoms with Crippen LogP contribution in [0.25, 0.3) is 0 Å². The first kappa shape index (κ1) is 40.2. The van der Waals surface area contributed by atoms with Gasteiger partial charge >= 0.3 is 0 Å². The maximum atomic E-state index is 2.46. The highest BCUT2D eigenvalue weighted by Gasteiger charge is 2.43. The Morgan fingerprint density at radius 3 is 0.884 bits per heavy atom. The summed E-state index contributed by atoms with van der Waals surface area (Å²) in [6, 6.07) is 11.6. The summed E-state index contributed by atoms with van der Waals surface area (Å²) in [5.41, 5.74) is 1.82. The molecule has 0 fully saturated rings. The third-order valence-corrected chi connectivity index (χ3v) is 10.5. The molecule has 0 bridgehead atoms. The van der Waals surface area contributed by atoms with Crippen molar-refractivity contribution in [2.75, 3.05) is 21.1 Å². The van der Waals surface area contributed by atoms with Gasteiger partial charge in [-0.2, -0.15) is 0 Å². The molecule has 0 aliphatic carbocycles. The number of unbranched alkanes of at least 4 members (excludes halogenated alkanes) is 26. The lowest BCUT2D eigenvalue weighted by molar-refractivity contribution is -0.933. The van der Waals surface area contributed by atoms with Gasteiger partial charge in [-0.25, -0.2) is 0 Å². The summed E-state index contributed by atoms with van der Waals surface area (Å²) in [5.74, 6) is 0. The fourth-order valence-electron chi connectivity index (χ4n) is 7.44. The van der Waals surface area contributed by atoms with Crippen LogP contribution in [0, 0.1) is 0 Å². The quantitative estimate of drug-likeness (QED) is 0.0571. The Bertz CT molecular complexity index is 655. The van der Waals surface area contributed by atoms with Gasteiger partial charge in [-0.3, -0.25) is 0 Å². The van der Waals surface area contributed by atoms with E-state index in [0.29, 0.717) is 0 Å². The number of nitrogens with zero attached hydrogens (tertiary/aromatic N) is 1. The van der Waals surface area contributed by atoms with E-state index >= 15 is 0 Å². The van der Waals surface area contributed by atoms with E-state index in [0.717, 1.165) is 4.48 Å². The Hall–Kier alpha value is -0.820. The summed E-state index contributed by atoms with van der Waals surface area (Å²) >= 11 is 0. The van der Waals surface area contributed by atoms with Crippen molar-refractivity contribution in [2.45, 2.75) is 212 Å². The maximum Gasteiger partial charge on any atom is 0.124 e. The van der Waals surface area contributed by atoms with Gasteiger partial charge in [0.1, 0.15) is 5.54 Å². The molecule has 1 heteroatoms. The monoisotopic (exact) mass is 599 g/mol. The first-order valence-electron chi connectivity index (χ1n) is 19.8. The molecule has 0 heterocycles. The zero-order valence-corrected chi connectivity index (χ0v) is 30.5. The van der Waals surface area contributed by atoms with Gasteiger partial charge in [0.25, 0.3) is 0 Å². The van der Waals surface area contributed by atoms with Crippen LogP contribution in [0.2, 0.25) is 0 Å². The minimum atomic E-state index is 0.246.